The summed E-state index contributed by atoms with van der Waals surface area (Å²) in [5.41, 5.74) is 1.62. The first-order valence-electron chi connectivity index (χ1n) is 6.53. The van der Waals surface area contributed by atoms with Crippen LogP contribution in [0.2, 0.25) is 0 Å². The Morgan fingerprint density at radius 3 is 2.52 bits per heavy atom. The van der Waals surface area contributed by atoms with Crippen molar-refractivity contribution in [3.8, 4) is 5.75 Å². The van der Waals surface area contributed by atoms with Crippen molar-refractivity contribution in [2.45, 2.75) is 32.6 Å². The summed E-state index contributed by atoms with van der Waals surface area (Å²) in [7, 11) is -3.63. The third-order valence-electron chi connectivity index (χ3n) is 3.01. The first-order valence-corrected chi connectivity index (χ1v) is 8.83. The number of sulfonamides is 1. The monoisotopic (exact) mass is 326 g/mol. The zero-order valence-electron chi connectivity index (χ0n) is 12.4. The van der Waals surface area contributed by atoms with Gasteiger partial charge in [0.25, 0.3) is 10.0 Å². The average Bonchev–Trinajstić information content (AvgIpc) is 2.70. The largest absolute Gasteiger partial charge is 0.494 e. The fourth-order valence-corrected chi connectivity index (χ4v) is 3.93. The van der Waals surface area contributed by atoms with E-state index < -0.39 is 10.0 Å². The summed E-state index contributed by atoms with van der Waals surface area (Å²) >= 11 is 1.33. The maximum absolute atomic E-state index is 12.4. The van der Waals surface area contributed by atoms with Crippen LogP contribution in [0.3, 0.4) is 0 Å². The van der Waals surface area contributed by atoms with Gasteiger partial charge < -0.3 is 4.74 Å². The van der Waals surface area contributed by atoms with Gasteiger partial charge in [-0.2, -0.15) is 0 Å². The summed E-state index contributed by atoms with van der Waals surface area (Å²) in [6.07, 6.45) is 0. The number of hydrogen-bond acceptors (Lipinski definition) is 5. The molecule has 0 amide bonds. The Balaban J connectivity index is 2.29. The summed E-state index contributed by atoms with van der Waals surface area (Å²) in [6, 6.07) is 4.81. The number of aryl methyl sites for hydroxylation is 3. The molecule has 0 spiro atoms. The van der Waals surface area contributed by atoms with E-state index in [4.69, 9.17) is 4.74 Å². The molecule has 1 N–H and O–H groups in total. The predicted octanol–water partition coefficient (Wildman–Crippen LogP) is 3.27. The minimum atomic E-state index is -3.63. The lowest BCUT2D eigenvalue weighted by molar-refractivity contribution is 0.337. The Kier molecular flexibility index (Phi) is 4.53. The summed E-state index contributed by atoms with van der Waals surface area (Å²) in [5, 5.41) is 0.386. The lowest BCUT2D eigenvalue weighted by Crippen LogP contribution is -2.13. The summed E-state index contributed by atoms with van der Waals surface area (Å²) in [6.45, 7) is 8.01. The van der Waals surface area contributed by atoms with Gasteiger partial charge in [-0.25, -0.2) is 13.4 Å². The Hall–Kier alpha value is -1.60. The van der Waals surface area contributed by atoms with Crippen LogP contribution in [-0.2, 0) is 10.0 Å². The highest BCUT2D eigenvalue weighted by atomic mass is 32.2. The number of benzene rings is 1. The van der Waals surface area contributed by atoms with Crippen molar-refractivity contribution in [1.29, 1.82) is 0 Å². The van der Waals surface area contributed by atoms with E-state index in [0.717, 1.165) is 16.1 Å². The van der Waals surface area contributed by atoms with E-state index in [-0.39, 0.29) is 4.90 Å². The molecule has 0 saturated carbocycles. The first kappa shape index (κ1) is 15.8. The highest BCUT2D eigenvalue weighted by Gasteiger charge is 2.18. The minimum absolute atomic E-state index is 0.203. The second-order valence-electron chi connectivity index (χ2n) is 4.63. The molecule has 0 fully saturated rings. The van der Waals surface area contributed by atoms with E-state index in [9.17, 15) is 8.42 Å². The molecule has 1 aromatic carbocycles. The van der Waals surface area contributed by atoms with Gasteiger partial charge in [-0.15, -0.1) is 11.3 Å². The molecule has 0 saturated heterocycles. The maximum atomic E-state index is 12.4. The molecular formula is C14H18N2O3S2. The highest BCUT2D eigenvalue weighted by molar-refractivity contribution is 7.93. The Morgan fingerprint density at radius 2 is 2.00 bits per heavy atom. The van der Waals surface area contributed by atoms with Crippen LogP contribution in [0.15, 0.2) is 23.1 Å². The van der Waals surface area contributed by atoms with Crippen molar-refractivity contribution in [3.63, 3.8) is 0 Å². The zero-order valence-corrected chi connectivity index (χ0v) is 14.1. The number of thiazole rings is 1. The molecule has 0 aliphatic heterocycles. The van der Waals surface area contributed by atoms with E-state index in [1.807, 2.05) is 27.7 Å². The summed E-state index contributed by atoms with van der Waals surface area (Å²) < 4.78 is 32.6. The SMILES string of the molecule is CCOc1ccc(S(=O)(=O)Nc2nc(C)c(C)s2)cc1C. The predicted molar refractivity (Wildman–Crippen MR) is 84.7 cm³/mol. The van der Waals surface area contributed by atoms with Gasteiger partial charge in [0.2, 0.25) is 0 Å². The fourth-order valence-electron chi connectivity index (χ4n) is 1.80. The first-order chi connectivity index (χ1) is 9.83. The van der Waals surface area contributed by atoms with Gasteiger partial charge in [0.1, 0.15) is 5.75 Å². The molecule has 0 atom stereocenters. The number of nitrogens with one attached hydrogen (secondary N) is 1. The summed E-state index contributed by atoms with van der Waals surface area (Å²) in [5.74, 6) is 0.692. The van der Waals surface area contributed by atoms with Gasteiger partial charge in [0, 0.05) is 4.88 Å². The fraction of sp³-hybridized carbons (Fsp3) is 0.357. The van der Waals surface area contributed by atoms with Crippen LogP contribution in [0, 0.1) is 20.8 Å². The topological polar surface area (TPSA) is 68.3 Å². The smallest absolute Gasteiger partial charge is 0.263 e. The van der Waals surface area contributed by atoms with Gasteiger partial charge >= 0.3 is 0 Å². The lowest BCUT2D eigenvalue weighted by atomic mass is 10.2. The number of anilines is 1. The quantitative estimate of drug-likeness (QED) is 0.915. The standard InChI is InChI=1S/C14H18N2O3S2/c1-5-19-13-7-6-12(8-9(13)2)21(17,18)16-14-15-10(3)11(4)20-14/h6-8H,5H2,1-4H3,(H,15,16). The number of ether oxygens (including phenoxy) is 1. The van der Waals surface area contributed by atoms with Gasteiger partial charge in [-0.1, -0.05) is 0 Å². The third-order valence-corrected chi connectivity index (χ3v) is 5.46. The molecule has 7 heteroatoms. The molecule has 114 valence electrons. The second-order valence-corrected chi connectivity index (χ2v) is 7.51. The Morgan fingerprint density at radius 1 is 1.29 bits per heavy atom. The maximum Gasteiger partial charge on any atom is 0.263 e. The molecule has 1 aromatic heterocycles. The lowest BCUT2D eigenvalue weighted by Gasteiger charge is -2.10. The van der Waals surface area contributed by atoms with Crippen molar-refractivity contribution >= 4 is 26.5 Å². The molecule has 0 radical (unpaired) electrons. The van der Waals surface area contributed by atoms with Crippen LogP contribution in [0.4, 0.5) is 5.13 Å². The van der Waals surface area contributed by atoms with Crippen molar-refractivity contribution in [2.75, 3.05) is 11.3 Å². The van der Waals surface area contributed by atoms with E-state index in [2.05, 4.69) is 9.71 Å². The molecular weight excluding hydrogens is 308 g/mol. The Labute approximate surface area is 129 Å². The molecule has 0 aliphatic rings. The highest BCUT2D eigenvalue weighted by Crippen LogP contribution is 2.26. The minimum Gasteiger partial charge on any atom is -0.494 e. The molecule has 0 bridgehead atoms. The van der Waals surface area contributed by atoms with E-state index in [0.29, 0.717) is 17.5 Å². The van der Waals surface area contributed by atoms with Gasteiger partial charge in [0.05, 0.1) is 17.2 Å². The van der Waals surface area contributed by atoms with E-state index in [1.54, 1.807) is 12.1 Å². The molecule has 2 aromatic rings. The van der Waals surface area contributed by atoms with Crippen LogP contribution in [0.25, 0.3) is 0 Å². The molecule has 21 heavy (non-hydrogen) atoms. The molecule has 0 unspecified atom stereocenters. The second kappa shape index (κ2) is 6.03. The number of aromatic nitrogens is 1. The molecule has 2 rings (SSSR count). The number of nitrogens with zero attached hydrogens (tertiary/aromatic N) is 1. The molecule has 0 aliphatic carbocycles. The van der Waals surface area contributed by atoms with Crippen molar-refractivity contribution in [2.24, 2.45) is 0 Å². The van der Waals surface area contributed by atoms with Crippen molar-refractivity contribution < 1.29 is 13.2 Å². The van der Waals surface area contributed by atoms with Crippen molar-refractivity contribution in [3.05, 3.63) is 34.3 Å². The van der Waals surface area contributed by atoms with Crippen molar-refractivity contribution in [1.82, 2.24) is 4.98 Å². The van der Waals surface area contributed by atoms with Gasteiger partial charge in [-0.05, 0) is 51.5 Å². The normalized spacial score (nSPS) is 11.4. The van der Waals surface area contributed by atoms with Gasteiger partial charge in [-0.3, -0.25) is 4.72 Å². The van der Waals surface area contributed by atoms with E-state index in [1.165, 1.54) is 17.4 Å². The zero-order chi connectivity index (χ0) is 15.6. The number of hydrogen-bond donors (Lipinski definition) is 1. The van der Waals surface area contributed by atoms with E-state index >= 15 is 0 Å². The molecule has 1 heterocycles. The van der Waals surface area contributed by atoms with Crippen LogP contribution < -0.4 is 9.46 Å². The third kappa shape index (κ3) is 3.54. The van der Waals surface area contributed by atoms with Gasteiger partial charge in [0.15, 0.2) is 5.13 Å². The van der Waals surface area contributed by atoms with Crippen LogP contribution in [-0.4, -0.2) is 20.0 Å². The summed E-state index contributed by atoms with van der Waals surface area (Å²) in [4.78, 5) is 5.39. The molecule has 5 nitrogen and oxygen atoms in total. The van der Waals surface area contributed by atoms with Crippen LogP contribution in [0.5, 0.6) is 5.75 Å². The average molecular weight is 326 g/mol. The van der Waals surface area contributed by atoms with Crippen LogP contribution >= 0.6 is 11.3 Å². The Bertz CT molecular complexity index is 732. The number of rotatable bonds is 5. The van der Waals surface area contributed by atoms with Crippen LogP contribution in [0.1, 0.15) is 23.1 Å².